The zero-order valence-electron chi connectivity index (χ0n) is 13.2. The molecule has 1 amide bonds. The van der Waals surface area contributed by atoms with Crippen molar-refractivity contribution < 1.29 is 4.79 Å². The van der Waals surface area contributed by atoms with E-state index in [1.165, 1.54) is 11.9 Å². The summed E-state index contributed by atoms with van der Waals surface area (Å²) in [6.45, 7) is 1.90. The highest BCUT2D eigenvalue weighted by molar-refractivity contribution is 7.99. The van der Waals surface area contributed by atoms with E-state index in [-0.39, 0.29) is 11.2 Å². The Hall–Kier alpha value is -2.67. The molecule has 0 aliphatic carbocycles. The van der Waals surface area contributed by atoms with Gasteiger partial charge in [-0.1, -0.05) is 30.3 Å². The average Bonchev–Trinajstić information content (AvgIpc) is 3.16. The molecule has 0 unspecified atom stereocenters. The van der Waals surface area contributed by atoms with Gasteiger partial charge in [0.15, 0.2) is 5.82 Å². The molecule has 1 aromatic carbocycles. The molecule has 0 fully saturated rings. The Labute approximate surface area is 144 Å². The number of rotatable bonds is 6. The third kappa shape index (κ3) is 4.20. The molecule has 1 N–H and O–H groups in total. The summed E-state index contributed by atoms with van der Waals surface area (Å²) in [6, 6.07) is 13.7. The van der Waals surface area contributed by atoms with Crippen molar-refractivity contribution >= 4 is 23.4 Å². The van der Waals surface area contributed by atoms with Crippen molar-refractivity contribution in [2.75, 3.05) is 5.32 Å². The fourth-order valence-electron chi connectivity index (χ4n) is 2.04. The minimum absolute atomic E-state index is 0.0359. The summed E-state index contributed by atoms with van der Waals surface area (Å²) >= 11 is 1.60. The Morgan fingerprint density at radius 3 is 2.75 bits per heavy atom. The van der Waals surface area contributed by atoms with Crippen LogP contribution in [0.25, 0.3) is 5.82 Å². The maximum Gasteiger partial charge on any atom is 0.237 e. The van der Waals surface area contributed by atoms with Gasteiger partial charge in [-0.2, -0.15) is 5.10 Å². The summed E-state index contributed by atoms with van der Waals surface area (Å²) in [6.07, 6.45) is 4.63. The Balaban J connectivity index is 1.54. The Morgan fingerprint density at radius 1 is 1.25 bits per heavy atom. The number of amides is 1. The maximum atomic E-state index is 12.3. The van der Waals surface area contributed by atoms with Crippen molar-refractivity contribution in [3.63, 3.8) is 0 Å². The number of nitrogens with zero attached hydrogens (tertiary/aromatic N) is 4. The molecule has 1 atom stereocenters. The molecule has 0 bridgehead atoms. The molecule has 24 heavy (non-hydrogen) atoms. The molecule has 0 aliphatic rings. The number of nitrogens with one attached hydrogen (secondary N) is 1. The predicted octanol–water partition coefficient (Wildman–Crippen LogP) is 2.92. The summed E-state index contributed by atoms with van der Waals surface area (Å²) in [5.41, 5.74) is 1.87. The topological polar surface area (TPSA) is 72.7 Å². The number of carbonyl (C=O) groups excluding carboxylic acids is 1. The summed E-state index contributed by atoms with van der Waals surface area (Å²) in [5, 5.41) is 6.74. The number of anilines is 1. The predicted molar refractivity (Wildman–Crippen MR) is 95.0 cm³/mol. The quantitative estimate of drug-likeness (QED) is 0.747. The first kappa shape index (κ1) is 16.2. The minimum Gasteiger partial charge on any atom is -0.324 e. The lowest BCUT2D eigenvalue weighted by Gasteiger charge is -2.12. The van der Waals surface area contributed by atoms with Crippen molar-refractivity contribution in [2.45, 2.75) is 17.9 Å². The standard InChI is InChI=1S/C17H17N5OS/c1-13(24-10-14-5-3-2-4-6-14)17(23)21-15-7-8-16(19-9-15)22-12-18-11-20-22/h2-9,11-13H,10H2,1H3,(H,21,23)/t13-/m1/s1. The van der Waals surface area contributed by atoms with Crippen LogP contribution in [0.3, 0.4) is 0 Å². The van der Waals surface area contributed by atoms with Crippen LogP contribution in [0.15, 0.2) is 61.3 Å². The van der Waals surface area contributed by atoms with Gasteiger partial charge in [0.25, 0.3) is 0 Å². The second kappa shape index (κ2) is 7.74. The number of pyridine rings is 1. The Kier molecular flexibility index (Phi) is 5.22. The van der Waals surface area contributed by atoms with E-state index in [1.54, 1.807) is 41.1 Å². The van der Waals surface area contributed by atoms with Gasteiger partial charge in [-0.15, -0.1) is 11.8 Å². The van der Waals surface area contributed by atoms with Crippen LogP contribution < -0.4 is 5.32 Å². The van der Waals surface area contributed by atoms with Gasteiger partial charge in [-0.3, -0.25) is 4.79 Å². The number of benzene rings is 1. The van der Waals surface area contributed by atoms with E-state index in [4.69, 9.17) is 0 Å². The average molecular weight is 339 g/mol. The maximum absolute atomic E-state index is 12.3. The first-order valence-electron chi connectivity index (χ1n) is 7.50. The van der Waals surface area contributed by atoms with Crippen LogP contribution in [-0.4, -0.2) is 30.9 Å². The zero-order chi connectivity index (χ0) is 16.8. The molecule has 0 spiro atoms. The van der Waals surface area contributed by atoms with E-state index in [9.17, 15) is 4.79 Å². The molecule has 2 heterocycles. The molecule has 2 aromatic heterocycles. The van der Waals surface area contributed by atoms with Crippen LogP contribution in [0.2, 0.25) is 0 Å². The zero-order valence-corrected chi connectivity index (χ0v) is 14.0. The van der Waals surface area contributed by atoms with E-state index in [2.05, 4.69) is 32.5 Å². The van der Waals surface area contributed by atoms with E-state index in [1.807, 2.05) is 25.1 Å². The first-order valence-corrected chi connectivity index (χ1v) is 8.55. The second-order valence-corrected chi connectivity index (χ2v) is 6.50. The monoisotopic (exact) mass is 339 g/mol. The highest BCUT2D eigenvalue weighted by atomic mass is 32.2. The second-order valence-electron chi connectivity index (χ2n) is 5.17. The molecule has 3 rings (SSSR count). The van der Waals surface area contributed by atoms with Gasteiger partial charge in [0.05, 0.1) is 17.1 Å². The van der Waals surface area contributed by atoms with Gasteiger partial charge < -0.3 is 5.32 Å². The molecule has 0 saturated heterocycles. The van der Waals surface area contributed by atoms with Gasteiger partial charge in [0.2, 0.25) is 5.91 Å². The number of hydrogen-bond donors (Lipinski definition) is 1. The van der Waals surface area contributed by atoms with E-state index < -0.39 is 0 Å². The third-order valence-electron chi connectivity index (χ3n) is 3.38. The normalized spacial score (nSPS) is 11.9. The molecule has 7 heteroatoms. The van der Waals surface area contributed by atoms with Crippen molar-refractivity contribution in [2.24, 2.45) is 0 Å². The molecule has 0 saturated carbocycles. The van der Waals surface area contributed by atoms with E-state index >= 15 is 0 Å². The first-order chi connectivity index (χ1) is 11.7. The van der Waals surface area contributed by atoms with Gasteiger partial charge in [-0.25, -0.2) is 14.6 Å². The Morgan fingerprint density at radius 2 is 2.08 bits per heavy atom. The summed E-state index contributed by atoms with van der Waals surface area (Å²) in [5.74, 6) is 1.42. The van der Waals surface area contributed by atoms with Gasteiger partial charge >= 0.3 is 0 Å². The van der Waals surface area contributed by atoms with Gasteiger partial charge in [-0.05, 0) is 24.6 Å². The molecule has 6 nitrogen and oxygen atoms in total. The number of aromatic nitrogens is 4. The molecular weight excluding hydrogens is 322 g/mol. The van der Waals surface area contributed by atoms with E-state index in [0.717, 1.165) is 5.75 Å². The molecule has 122 valence electrons. The molecular formula is C17H17N5OS. The molecule has 0 aliphatic heterocycles. The fourth-order valence-corrected chi connectivity index (χ4v) is 2.88. The van der Waals surface area contributed by atoms with Crippen molar-refractivity contribution in [3.8, 4) is 5.82 Å². The van der Waals surface area contributed by atoms with Crippen LogP contribution in [0.5, 0.6) is 0 Å². The van der Waals surface area contributed by atoms with Crippen LogP contribution in [-0.2, 0) is 10.5 Å². The highest BCUT2D eigenvalue weighted by Gasteiger charge is 2.14. The van der Waals surface area contributed by atoms with Crippen LogP contribution in [0.1, 0.15) is 12.5 Å². The lowest BCUT2D eigenvalue weighted by molar-refractivity contribution is -0.115. The van der Waals surface area contributed by atoms with Gasteiger partial charge in [0, 0.05) is 5.75 Å². The fraction of sp³-hybridized carbons (Fsp3) is 0.176. The molecule has 3 aromatic rings. The summed E-state index contributed by atoms with van der Waals surface area (Å²) in [7, 11) is 0. The lowest BCUT2D eigenvalue weighted by Crippen LogP contribution is -2.22. The van der Waals surface area contributed by atoms with Crippen molar-refractivity contribution in [3.05, 3.63) is 66.9 Å². The largest absolute Gasteiger partial charge is 0.324 e. The number of carbonyl (C=O) groups is 1. The number of hydrogen-bond acceptors (Lipinski definition) is 5. The lowest BCUT2D eigenvalue weighted by atomic mass is 10.2. The molecule has 0 radical (unpaired) electrons. The summed E-state index contributed by atoms with van der Waals surface area (Å²) < 4.78 is 1.56. The van der Waals surface area contributed by atoms with Crippen molar-refractivity contribution in [1.29, 1.82) is 0 Å². The van der Waals surface area contributed by atoms with E-state index in [0.29, 0.717) is 11.5 Å². The minimum atomic E-state index is -0.153. The third-order valence-corrected chi connectivity index (χ3v) is 4.60. The van der Waals surface area contributed by atoms with Gasteiger partial charge in [0.1, 0.15) is 12.7 Å². The highest BCUT2D eigenvalue weighted by Crippen LogP contribution is 2.19. The van der Waals surface area contributed by atoms with Crippen LogP contribution in [0.4, 0.5) is 5.69 Å². The van der Waals surface area contributed by atoms with Crippen LogP contribution >= 0.6 is 11.8 Å². The number of thioether (sulfide) groups is 1. The van der Waals surface area contributed by atoms with Crippen LogP contribution in [0, 0.1) is 0 Å². The SMILES string of the molecule is C[C@@H](SCc1ccccc1)C(=O)Nc1ccc(-n2cncn2)nc1. The Bertz CT molecular complexity index is 775. The van der Waals surface area contributed by atoms with Crippen molar-refractivity contribution in [1.82, 2.24) is 19.7 Å². The summed E-state index contributed by atoms with van der Waals surface area (Å²) in [4.78, 5) is 20.4. The smallest absolute Gasteiger partial charge is 0.237 e.